The molecule has 0 saturated carbocycles. The highest BCUT2D eigenvalue weighted by Crippen LogP contribution is 2.37. The third-order valence-electron chi connectivity index (χ3n) is 8.06. The molecule has 6 rings (SSSR count). The predicted octanol–water partition coefficient (Wildman–Crippen LogP) is 8.68. The molecule has 6 aromatic heterocycles. The van der Waals surface area contributed by atoms with E-state index in [2.05, 4.69) is 0 Å². The van der Waals surface area contributed by atoms with Crippen LogP contribution in [0.2, 0.25) is 0 Å². The normalized spacial score (nSPS) is 12.6. The average molecular weight is 581 g/mol. The van der Waals surface area contributed by atoms with Crippen molar-refractivity contribution in [2.24, 2.45) is 0 Å². The zero-order chi connectivity index (χ0) is 30.6. The summed E-state index contributed by atoms with van der Waals surface area (Å²) in [5.74, 6) is 3.44. The Labute approximate surface area is 248 Å². The summed E-state index contributed by atoms with van der Waals surface area (Å²) in [5.41, 5.74) is -1.90. The minimum absolute atomic E-state index is 0.130. The Kier molecular flexibility index (Phi) is 6.60. The lowest BCUT2D eigenvalue weighted by Crippen LogP contribution is -2.17. The van der Waals surface area contributed by atoms with Crippen LogP contribution in [0.3, 0.4) is 0 Å². The molecule has 0 unspecified atom stereocenters. The van der Waals surface area contributed by atoms with Gasteiger partial charge in [0.15, 0.2) is 23.0 Å². The first-order valence-electron chi connectivity index (χ1n) is 14.0. The maximum atomic E-state index is 13.3. The lowest BCUT2D eigenvalue weighted by Gasteiger charge is -2.19. The van der Waals surface area contributed by atoms with Crippen LogP contribution in [0.4, 0.5) is 0 Å². The minimum atomic E-state index is -0.789. The monoisotopic (exact) mass is 580 g/mol. The SMILES string of the molecule is CC(C)(c1ccco1)c1ccc(C(=O)c2ccc(C(C)(C)c3ccc(C(=O)c4ccc(C(C)(C)c5ccco5)o4)o3)o2)o1. The fourth-order valence-corrected chi connectivity index (χ4v) is 5.06. The van der Waals surface area contributed by atoms with E-state index >= 15 is 0 Å². The third-order valence-corrected chi connectivity index (χ3v) is 8.06. The van der Waals surface area contributed by atoms with E-state index in [1.54, 1.807) is 61.1 Å². The summed E-state index contributed by atoms with van der Waals surface area (Å²) in [5, 5.41) is 0. The second-order valence-electron chi connectivity index (χ2n) is 12.1. The van der Waals surface area contributed by atoms with Crippen molar-refractivity contribution >= 4 is 11.6 Å². The molecule has 0 atom stereocenters. The molecule has 8 nitrogen and oxygen atoms in total. The zero-order valence-corrected chi connectivity index (χ0v) is 24.8. The maximum absolute atomic E-state index is 13.3. The molecule has 43 heavy (non-hydrogen) atoms. The predicted molar refractivity (Wildman–Crippen MR) is 155 cm³/mol. The van der Waals surface area contributed by atoms with Gasteiger partial charge in [0, 0.05) is 0 Å². The molecule has 0 aliphatic heterocycles. The Morgan fingerprint density at radius 3 is 0.953 bits per heavy atom. The molecule has 0 N–H and O–H groups in total. The molecular weight excluding hydrogens is 548 g/mol. The lowest BCUT2D eigenvalue weighted by molar-refractivity contribution is 0.0974. The highest BCUT2D eigenvalue weighted by Gasteiger charge is 2.35. The number of hydrogen-bond acceptors (Lipinski definition) is 8. The van der Waals surface area contributed by atoms with Crippen LogP contribution < -0.4 is 0 Å². The largest absolute Gasteiger partial charge is 0.468 e. The molecule has 0 amide bonds. The van der Waals surface area contributed by atoms with Crippen LogP contribution in [0, 0.1) is 0 Å². The first kappa shape index (κ1) is 28.2. The summed E-state index contributed by atoms with van der Waals surface area (Å²) in [6, 6.07) is 20.8. The zero-order valence-electron chi connectivity index (χ0n) is 24.8. The van der Waals surface area contributed by atoms with Gasteiger partial charge in [-0.1, -0.05) is 0 Å². The van der Waals surface area contributed by atoms with E-state index in [0.717, 1.165) is 11.5 Å². The Hall–Kier alpha value is -4.98. The van der Waals surface area contributed by atoms with Crippen molar-refractivity contribution in [3.8, 4) is 0 Å². The Bertz CT molecular complexity index is 1740. The smallest absolute Gasteiger partial charge is 0.263 e. The summed E-state index contributed by atoms with van der Waals surface area (Å²) in [4.78, 5) is 26.5. The van der Waals surface area contributed by atoms with Crippen LogP contribution in [0.1, 0.15) is 109 Å². The van der Waals surface area contributed by atoms with Crippen molar-refractivity contribution in [1.82, 2.24) is 0 Å². The highest BCUT2D eigenvalue weighted by atomic mass is 16.4. The molecule has 0 bridgehead atoms. The quantitative estimate of drug-likeness (QED) is 0.148. The minimum Gasteiger partial charge on any atom is -0.468 e. The Balaban J connectivity index is 1.19. The Morgan fingerprint density at radius 1 is 0.419 bits per heavy atom. The number of ketones is 2. The van der Waals surface area contributed by atoms with Gasteiger partial charge in [-0.3, -0.25) is 9.59 Å². The van der Waals surface area contributed by atoms with Crippen molar-refractivity contribution < 1.29 is 36.1 Å². The van der Waals surface area contributed by atoms with Gasteiger partial charge in [0.25, 0.3) is 11.6 Å². The van der Waals surface area contributed by atoms with Crippen LogP contribution in [0.25, 0.3) is 0 Å². The standard InChI is InChI=1S/C35H32O8/c1-33(2,25-9-7-19-38-25)27-15-11-21(40-27)31(36)23-13-17-29(42-23)35(5,6)30-18-14-24(43-30)32(37)22-12-16-28(41-22)34(3,4)26-10-8-20-39-26/h7-20H,1-6H3. The first-order chi connectivity index (χ1) is 20.4. The van der Waals surface area contributed by atoms with Gasteiger partial charge in [-0.15, -0.1) is 0 Å². The van der Waals surface area contributed by atoms with Gasteiger partial charge >= 0.3 is 0 Å². The molecule has 8 heteroatoms. The summed E-state index contributed by atoms with van der Waals surface area (Å²) in [7, 11) is 0. The first-order valence-corrected chi connectivity index (χ1v) is 14.0. The van der Waals surface area contributed by atoms with E-state index in [4.69, 9.17) is 26.5 Å². The van der Waals surface area contributed by atoms with E-state index < -0.39 is 16.2 Å². The van der Waals surface area contributed by atoms with Crippen molar-refractivity contribution in [3.63, 3.8) is 0 Å². The van der Waals surface area contributed by atoms with Gasteiger partial charge in [0.05, 0.1) is 28.8 Å². The van der Waals surface area contributed by atoms with Crippen LogP contribution >= 0.6 is 0 Å². The van der Waals surface area contributed by atoms with E-state index in [1.165, 1.54) is 0 Å². The summed E-state index contributed by atoms with van der Waals surface area (Å²) in [6.45, 7) is 11.6. The van der Waals surface area contributed by atoms with Crippen LogP contribution in [-0.4, -0.2) is 11.6 Å². The molecule has 0 spiro atoms. The lowest BCUT2D eigenvalue weighted by atomic mass is 9.87. The van der Waals surface area contributed by atoms with Crippen molar-refractivity contribution in [1.29, 1.82) is 0 Å². The van der Waals surface area contributed by atoms with Gasteiger partial charge in [-0.25, -0.2) is 0 Å². The van der Waals surface area contributed by atoms with E-state index in [9.17, 15) is 9.59 Å². The molecule has 0 fully saturated rings. The summed E-state index contributed by atoms with van der Waals surface area (Å²) < 4.78 is 35.0. The Morgan fingerprint density at radius 2 is 0.698 bits per heavy atom. The van der Waals surface area contributed by atoms with Crippen LogP contribution in [0.5, 0.6) is 0 Å². The second kappa shape index (κ2) is 10.1. The average Bonchev–Trinajstić information content (AvgIpc) is 3.81. The highest BCUT2D eigenvalue weighted by molar-refractivity contribution is 6.05. The molecular formula is C35H32O8. The molecule has 220 valence electrons. The van der Waals surface area contributed by atoms with Crippen molar-refractivity contribution in [2.45, 2.75) is 57.8 Å². The molecule has 0 aromatic carbocycles. The van der Waals surface area contributed by atoms with Gasteiger partial charge in [-0.2, -0.15) is 0 Å². The fourth-order valence-electron chi connectivity index (χ4n) is 5.06. The molecule has 6 aromatic rings. The van der Waals surface area contributed by atoms with Crippen LogP contribution in [0.15, 0.2) is 112 Å². The molecule has 6 heterocycles. The van der Waals surface area contributed by atoms with Gasteiger partial charge in [0.2, 0.25) is 0 Å². The van der Waals surface area contributed by atoms with E-state index in [-0.39, 0.29) is 34.6 Å². The second-order valence-corrected chi connectivity index (χ2v) is 12.1. The number of furan rings is 6. The summed E-state index contributed by atoms with van der Waals surface area (Å²) >= 11 is 0. The van der Waals surface area contributed by atoms with Gasteiger partial charge < -0.3 is 26.5 Å². The third kappa shape index (κ3) is 4.82. The topological polar surface area (TPSA) is 113 Å². The van der Waals surface area contributed by atoms with Crippen LogP contribution in [-0.2, 0) is 16.2 Å². The molecule has 0 aliphatic rings. The van der Waals surface area contributed by atoms with E-state index in [0.29, 0.717) is 23.0 Å². The number of hydrogen-bond donors (Lipinski definition) is 0. The fraction of sp³-hybridized carbons (Fsp3) is 0.257. The van der Waals surface area contributed by atoms with Crippen molar-refractivity contribution in [2.75, 3.05) is 0 Å². The van der Waals surface area contributed by atoms with Crippen molar-refractivity contribution in [3.05, 3.63) is 143 Å². The summed E-state index contributed by atoms with van der Waals surface area (Å²) in [6.07, 6.45) is 3.21. The molecule has 0 radical (unpaired) electrons. The number of rotatable bonds is 10. The maximum Gasteiger partial charge on any atom is 0.263 e. The molecule has 0 aliphatic carbocycles. The molecule has 0 saturated heterocycles. The number of carbonyl (C=O) groups is 2. The van der Waals surface area contributed by atoms with Gasteiger partial charge in [0.1, 0.15) is 34.6 Å². The van der Waals surface area contributed by atoms with E-state index in [1.807, 2.05) is 65.8 Å². The van der Waals surface area contributed by atoms with Gasteiger partial charge in [-0.05, 0) is 114 Å². The number of carbonyl (C=O) groups excluding carboxylic acids is 2.